The van der Waals surface area contributed by atoms with E-state index in [0.29, 0.717) is 45.2 Å². The first-order valence-electron chi connectivity index (χ1n) is 9.68. The molecule has 0 aliphatic heterocycles. The number of allylic oxidation sites excluding steroid dienone is 1. The number of hydrogen-bond acceptors (Lipinski definition) is 7. The minimum atomic E-state index is -0.392. The Kier molecular flexibility index (Phi) is 7.30. The average molecular weight is 459 g/mol. The van der Waals surface area contributed by atoms with Crippen LogP contribution in [0.1, 0.15) is 41.3 Å². The standard InChI is InChI=1S/C23H23ClN2O4S/c1-6-18(23(27)28-7-2)21-20(14(4)24)17(12-31-21)11-29-19-10-16(9-8-13(19)3)22-26-25-15(5)30-22/h6,8-10,12H,4,7,11H2,1-3,5H3/b18-6+. The van der Waals surface area contributed by atoms with E-state index in [0.717, 1.165) is 16.7 Å². The molecule has 0 bridgehead atoms. The number of aromatic nitrogens is 2. The number of halogens is 1. The molecule has 0 saturated carbocycles. The van der Waals surface area contributed by atoms with Crippen molar-refractivity contribution >= 4 is 39.5 Å². The SMILES string of the molecule is C=C(Cl)c1c(COc2cc(-c3nnc(C)o3)ccc2C)csc1/C(=C\C)C(=O)OCC. The molecule has 0 atom stereocenters. The Morgan fingerprint density at radius 1 is 1.32 bits per heavy atom. The molecule has 0 amide bonds. The van der Waals surface area contributed by atoms with Gasteiger partial charge in [0.1, 0.15) is 12.4 Å². The van der Waals surface area contributed by atoms with Crippen molar-refractivity contribution in [2.75, 3.05) is 6.61 Å². The number of nitrogens with zero attached hydrogens (tertiary/aromatic N) is 2. The lowest BCUT2D eigenvalue weighted by atomic mass is 10.1. The lowest BCUT2D eigenvalue weighted by molar-refractivity contribution is -0.136. The van der Waals surface area contributed by atoms with Crippen LogP contribution in [0.25, 0.3) is 22.1 Å². The van der Waals surface area contributed by atoms with Gasteiger partial charge in [-0.2, -0.15) is 0 Å². The van der Waals surface area contributed by atoms with Crippen molar-refractivity contribution in [2.24, 2.45) is 0 Å². The maximum absolute atomic E-state index is 12.3. The molecule has 3 aromatic rings. The van der Waals surface area contributed by atoms with E-state index < -0.39 is 5.97 Å². The zero-order chi connectivity index (χ0) is 22.5. The largest absolute Gasteiger partial charge is 0.489 e. The fraction of sp³-hybridized carbons (Fsp3) is 0.261. The lowest BCUT2D eigenvalue weighted by Gasteiger charge is -2.12. The molecule has 2 aromatic heterocycles. The van der Waals surface area contributed by atoms with E-state index >= 15 is 0 Å². The van der Waals surface area contributed by atoms with Crippen LogP contribution in [-0.4, -0.2) is 22.8 Å². The highest BCUT2D eigenvalue weighted by Crippen LogP contribution is 2.37. The topological polar surface area (TPSA) is 74.5 Å². The first-order valence-corrected chi connectivity index (χ1v) is 10.9. The molecule has 6 nitrogen and oxygen atoms in total. The van der Waals surface area contributed by atoms with E-state index in [-0.39, 0.29) is 6.61 Å². The number of carbonyl (C=O) groups is 1. The van der Waals surface area contributed by atoms with Crippen LogP contribution >= 0.6 is 22.9 Å². The van der Waals surface area contributed by atoms with Crippen LogP contribution in [-0.2, 0) is 16.1 Å². The highest BCUT2D eigenvalue weighted by Gasteiger charge is 2.22. The third-order valence-corrected chi connectivity index (χ3v) is 5.76. The smallest absolute Gasteiger partial charge is 0.339 e. The van der Waals surface area contributed by atoms with Crippen LogP contribution in [0.2, 0.25) is 0 Å². The van der Waals surface area contributed by atoms with E-state index in [1.54, 1.807) is 26.8 Å². The number of carbonyl (C=O) groups excluding carboxylic acids is 1. The van der Waals surface area contributed by atoms with Crippen LogP contribution in [0.5, 0.6) is 5.75 Å². The van der Waals surface area contributed by atoms with E-state index in [1.165, 1.54) is 11.3 Å². The number of benzene rings is 1. The molecule has 0 spiro atoms. The van der Waals surface area contributed by atoms with Crippen LogP contribution < -0.4 is 4.74 Å². The molecule has 1 aromatic carbocycles. The quantitative estimate of drug-likeness (QED) is 0.297. The molecule has 0 unspecified atom stereocenters. The third-order valence-electron chi connectivity index (χ3n) is 4.51. The molecule has 8 heteroatoms. The molecule has 2 heterocycles. The monoisotopic (exact) mass is 458 g/mol. The predicted octanol–water partition coefficient (Wildman–Crippen LogP) is 6.17. The first-order chi connectivity index (χ1) is 14.8. The minimum absolute atomic E-state index is 0.255. The first kappa shape index (κ1) is 22.8. The summed E-state index contributed by atoms with van der Waals surface area (Å²) >= 11 is 7.71. The molecule has 3 rings (SSSR count). The summed E-state index contributed by atoms with van der Waals surface area (Å²) in [5.41, 5.74) is 3.71. The van der Waals surface area contributed by atoms with Gasteiger partial charge in [0.05, 0.1) is 17.1 Å². The van der Waals surface area contributed by atoms with Gasteiger partial charge in [-0.3, -0.25) is 0 Å². The molecular weight excluding hydrogens is 436 g/mol. The van der Waals surface area contributed by atoms with Gasteiger partial charge in [0, 0.05) is 28.6 Å². The van der Waals surface area contributed by atoms with Gasteiger partial charge < -0.3 is 13.9 Å². The molecule has 0 aliphatic rings. The summed E-state index contributed by atoms with van der Waals surface area (Å²) in [6.45, 7) is 11.7. The highest BCUT2D eigenvalue weighted by molar-refractivity contribution is 7.12. The Balaban J connectivity index is 1.88. The fourth-order valence-electron chi connectivity index (χ4n) is 3.00. The average Bonchev–Trinajstić information content (AvgIpc) is 3.35. The molecule has 0 aliphatic carbocycles. The van der Waals surface area contributed by atoms with Gasteiger partial charge in [-0.25, -0.2) is 4.79 Å². The number of hydrogen-bond donors (Lipinski definition) is 0. The van der Waals surface area contributed by atoms with Crippen LogP contribution in [0.3, 0.4) is 0 Å². The normalized spacial score (nSPS) is 11.5. The maximum atomic E-state index is 12.3. The molecule has 0 radical (unpaired) electrons. The third kappa shape index (κ3) is 5.06. The second-order valence-corrected chi connectivity index (χ2v) is 8.02. The fourth-order valence-corrected chi connectivity index (χ4v) is 4.42. The summed E-state index contributed by atoms with van der Waals surface area (Å²) in [7, 11) is 0. The second kappa shape index (κ2) is 9.94. The van der Waals surface area contributed by atoms with Crippen molar-refractivity contribution in [2.45, 2.75) is 34.3 Å². The van der Waals surface area contributed by atoms with E-state index in [2.05, 4.69) is 16.8 Å². The molecule has 31 heavy (non-hydrogen) atoms. The number of rotatable bonds is 8. The summed E-state index contributed by atoms with van der Waals surface area (Å²) in [6.07, 6.45) is 1.72. The Morgan fingerprint density at radius 3 is 2.71 bits per heavy atom. The summed E-state index contributed by atoms with van der Waals surface area (Å²) in [6, 6.07) is 5.70. The number of esters is 1. The Labute approximate surface area is 190 Å². The van der Waals surface area contributed by atoms with Crippen molar-refractivity contribution in [1.29, 1.82) is 0 Å². The zero-order valence-electron chi connectivity index (χ0n) is 17.8. The minimum Gasteiger partial charge on any atom is -0.489 e. The van der Waals surface area contributed by atoms with Gasteiger partial charge in [-0.15, -0.1) is 21.5 Å². The van der Waals surface area contributed by atoms with Gasteiger partial charge in [0.15, 0.2) is 0 Å². The van der Waals surface area contributed by atoms with Crippen LogP contribution in [0.15, 0.2) is 40.7 Å². The number of aryl methyl sites for hydroxylation is 2. The number of ether oxygens (including phenoxy) is 2. The van der Waals surface area contributed by atoms with E-state index in [4.69, 9.17) is 25.5 Å². The van der Waals surface area contributed by atoms with Gasteiger partial charge in [-0.05, 0) is 43.8 Å². The van der Waals surface area contributed by atoms with Crippen molar-refractivity contribution in [3.63, 3.8) is 0 Å². The maximum Gasteiger partial charge on any atom is 0.339 e. The van der Waals surface area contributed by atoms with Crippen LogP contribution in [0, 0.1) is 13.8 Å². The molecule has 0 fully saturated rings. The highest BCUT2D eigenvalue weighted by atomic mass is 35.5. The van der Waals surface area contributed by atoms with E-state index in [9.17, 15) is 4.79 Å². The summed E-state index contributed by atoms with van der Waals surface area (Å²) in [5, 5.41) is 10.2. The van der Waals surface area contributed by atoms with Crippen molar-refractivity contribution in [1.82, 2.24) is 10.2 Å². The Bertz CT molecular complexity index is 1150. The summed E-state index contributed by atoms with van der Waals surface area (Å²) in [5.74, 6) is 1.22. The summed E-state index contributed by atoms with van der Waals surface area (Å²) in [4.78, 5) is 13.1. The van der Waals surface area contributed by atoms with Crippen LogP contribution in [0.4, 0.5) is 0 Å². The van der Waals surface area contributed by atoms with Gasteiger partial charge in [-0.1, -0.05) is 30.3 Å². The van der Waals surface area contributed by atoms with Crippen molar-refractivity contribution in [3.05, 3.63) is 63.7 Å². The Morgan fingerprint density at radius 2 is 2.10 bits per heavy atom. The lowest BCUT2D eigenvalue weighted by Crippen LogP contribution is -2.07. The Hall–Kier alpha value is -2.90. The van der Waals surface area contributed by atoms with Gasteiger partial charge in [0.25, 0.3) is 0 Å². The number of thiophene rings is 1. The molecule has 162 valence electrons. The zero-order valence-corrected chi connectivity index (χ0v) is 19.4. The predicted molar refractivity (Wildman–Crippen MR) is 123 cm³/mol. The molecular formula is C23H23ClN2O4S. The molecule has 0 saturated heterocycles. The second-order valence-electron chi connectivity index (χ2n) is 6.69. The molecule has 0 N–H and O–H groups in total. The van der Waals surface area contributed by atoms with Gasteiger partial charge >= 0.3 is 5.97 Å². The van der Waals surface area contributed by atoms with Crippen molar-refractivity contribution in [3.8, 4) is 17.2 Å². The van der Waals surface area contributed by atoms with Crippen molar-refractivity contribution < 1.29 is 18.7 Å². The van der Waals surface area contributed by atoms with E-state index in [1.807, 2.05) is 30.5 Å². The summed E-state index contributed by atoms with van der Waals surface area (Å²) < 4.78 is 16.8. The van der Waals surface area contributed by atoms with Gasteiger partial charge in [0.2, 0.25) is 11.8 Å².